The Balaban J connectivity index is 2.48. The molecule has 0 aromatic carbocycles. The third-order valence-corrected chi connectivity index (χ3v) is 2.67. The fourth-order valence-electron chi connectivity index (χ4n) is 1.18. The van der Waals surface area contributed by atoms with Gasteiger partial charge in [0.2, 0.25) is 5.95 Å². The van der Waals surface area contributed by atoms with Gasteiger partial charge >= 0.3 is 0 Å². The van der Waals surface area contributed by atoms with Gasteiger partial charge in [-0.25, -0.2) is 4.98 Å². The number of hydrogen-bond donors (Lipinski definition) is 2. The zero-order chi connectivity index (χ0) is 11.1. The van der Waals surface area contributed by atoms with E-state index in [4.69, 9.17) is 0 Å². The van der Waals surface area contributed by atoms with E-state index in [1.807, 2.05) is 24.9 Å². The molecule has 1 heterocycles. The first-order chi connectivity index (χ1) is 7.26. The van der Waals surface area contributed by atoms with Crippen LogP contribution in [0.2, 0.25) is 0 Å². The lowest BCUT2D eigenvalue weighted by Gasteiger charge is -2.13. The van der Waals surface area contributed by atoms with E-state index in [9.17, 15) is 0 Å². The van der Waals surface area contributed by atoms with E-state index in [0.717, 1.165) is 18.0 Å². The smallest absolute Gasteiger partial charge is 0.224 e. The molecule has 15 heavy (non-hydrogen) atoms. The van der Waals surface area contributed by atoms with Gasteiger partial charge in [-0.05, 0) is 31.4 Å². The van der Waals surface area contributed by atoms with Crippen LogP contribution >= 0.6 is 11.8 Å². The van der Waals surface area contributed by atoms with E-state index >= 15 is 0 Å². The Kier molecular flexibility index (Phi) is 5.25. The van der Waals surface area contributed by atoms with E-state index in [1.54, 1.807) is 6.20 Å². The summed E-state index contributed by atoms with van der Waals surface area (Å²) in [5, 5.41) is 6.26. The van der Waals surface area contributed by atoms with Gasteiger partial charge in [-0.3, -0.25) is 0 Å². The van der Waals surface area contributed by atoms with Crippen molar-refractivity contribution in [3.63, 3.8) is 0 Å². The van der Waals surface area contributed by atoms with Gasteiger partial charge in [0.05, 0.1) is 0 Å². The summed E-state index contributed by atoms with van der Waals surface area (Å²) < 4.78 is 0. The molecular weight excluding hydrogens is 208 g/mol. The lowest BCUT2D eigenvalue weighted by atomic mass is 10.2. The molecule has 1 aromatic rings. The molecule has 0 aliphatic carbocycles. The van der Waals surface area contributed by atoms with Crippen molar-refractivity contribution < 1.29 is 0 Å². The number of nitrogens with zero attached hydrogens (tertiary/aromatic N) is 2. The quantitative estimate of drug-likeness (QED) is 0.777. The monoisotopic (exact) mass is 226 g/mol. The third kappa shape index (κ3) is 4.38. The molecule has 0 bridgehead atoms. The van der Waals surface area contributed by atoms with Gasteiger partial charge in [0.1, 0.15) is 5.82 Å². The largest absolute Gasteiger partial charge is 0.367 e. The minimum Gasteiger partial charge on any atom is -0.367 e. The molecule has 84 valence electrons. The van der Waals surface area contributed by atoms with E-state index in [1.165, 1.54) is 0 Å². The molecule has 0 amide bonds. The molecular formula is C10H18N4S. The van der Waals surface area contributed by atoms with Crippen LogP contribution in [-0.4, -0.2) is 35.1 Å². The first-order valence-corrected chi connectivity index (χ1v) is 6.42. The Bertz CT molecular complexity index is 293. The van der Waals surface area contributed by atoms with E-state index in [0.29, 0.717) is 12.0 Å². The van der Waals surface area contributed by atoms with E-state index < -0.39 is 0 Å². The van der Waals surface area contributed by atoms with Gasteiger partial charge in [-0.15, -0.1) is 0 Å². The third-order valence-electron chi connectivity index (χ3n) is 2.03. The minimum atomic E-state index is 0.442. The van der Waals surface area contributed by atoms with Crippen molar-refractivity contribution in [2.24, 2.45) is 0 Å². The van der Waals surface area contributed by atoms with Gasteiger partial charge in [0.25, 0.3) is 0 Å². The predicted molar refractivity (Wildman–Crippen MR) is 67.7 cm³/mol. The molecule has 2 N–H and O–H groups in total. The van der Waals surface area contributed by atoms with Crippen LogP contribution in [0.25, 0.3) is 0 Å². The number of anilines is 2. The topological polar surface area (TPSA) is 49.8 Å². The second-order valence-electron chi connectivity index (χ2n) is 3.34. The number of rotatable bonds is 6. The highest BCUT2D eigenvalue weighted by molar-refractivity contribution is 7.98. The van der Waals surface area contributed by atoms with Gasteiger partial charge < -0.3 is 10.6 Å². The van der Waals surface area contributed by atoms with Crippen molar-refractivity contribution in [1.29, 1.82) is 0 Å². The molecule has 0 aliphatic heterocycles. The highest BCUT2D eigenvalue weighted by atomic mass is 32.2. The summed E-state index contributed by atoms with van der Waals surface area (Å²) in [5.74, 6) is 2.69. The summed E-state index contributed by atoms with van der Waals surface area (Å²) in [6.07, 6.45) is 5.01. The van der Waals surface area contributed by atoms with Crippen LogP contribution in [0.4, 0.5) is 11.8 Å². The normalized spacial score (nSPS) is 12.2. The molecule has 4 nitrogen and oxygen atoms in total. The molecule has 1 atom stereocenters. The summed E-state index contributed by atoms with van der Waals surface area (Å²) in [6, 6.07) is 2.33. The Morgan fingerprint density at radius 2 is 2.33 bits per heavy atom. The van der Waals surface area contributed by atoms with Crippen LogP contribution in [0.5, 0.6) is 0 Å². The Morgan fingerprint density at radius 3 is 3.00 bits per heavy atom. The lowest BCUT2D eigenvalue weighted by Crippen LogP contribution is -2.17. The van der Waals surface area contributed by atoms with Gasteiger partial charge in [-0.2, -0.15) is 16.7 Å². The maximum atomic E-state index is 4.30. The lowest BCUT2D eigenvalue weighted by molar-refractivity contribution is 0.766. The fourth-order valence-corrected chi connectivity index (χ4v) is 1.77. The average molecular weight is 226 g/mol. The number of nitrogens with one attached hydrogen (secondary N) is 2. The van der Waals surface area contributed by atoms with Crippen molar-refractivity contribution in [2.45, 2.75) is 19.4 Å². The standard InChI is InChI=1S/C10H18N4S/c1-8(5-7-15-3)13-9-4-6-12-10(11-2)14-9/h4,6,8H,5,7H2,1-3H3,(H2,11,12,13,14). The summed E-state index contributed by atoms with van der Waals surface area (Å²) >= 11 is 1.86. The van der Waals surface area contributed by atoms with Gasteiger partial charge in [0.15, 0.2) is 0 Å². The van der Waals surface area contributed by atoms with Crippen LogP contribution in [-0.2, 0) is 0 Å². The molecule has 0 saturated carbocycles. The van der Waals surface area contributed by atoms with Crippen molar-refractivity contribution in [3.05, 3.63) is 12.3 Å². The van der Waals surface area contributed by atoms with Gasteiger partial charge in [0, 0.05) is 19.3 Å². The number of aromatic nitrogens is 2. The second kappa shape index (κ2) is 6.50. The van der Waals surface area contributed by atoms with Crippen LogP contribution in [0.1, 0.15) is 13.3 Å². The van der Waals surface area contributed by atoms with Crippen molar-refractivity contribution in [3.8, 4) is 0 Å². The fraction of sp³-hybridized carbons (Fsp3) is 0.600. The summed E-state index contributed by atoms with van der Waals surface area (Å²) in [4.78, 5) is 8.36. The first kappa shape index (κ1) is 12.1. The molecule has 0 fully saturated rings. The van der Waals surface area contributed by atoms with Gasteiger partial charge in [-0.1, -0.05) is 0 Å². The molecule has 1 rings (SSSR count). The summed E-state index contributed by atoms with van der Waals surface area (Å²) in [7, 11) is 1.82. The molecule has 0 saturated heterocycles. The zero-order valence-corrected chi connectivity index (χ0v) is 10.3. The van der Waals surface area contributed by atoms with Crippen molar-refractivity contribution in [2.75, 3.05) is 29.7 Å². The van der Waals surface area contributed by atoms with E-state index in [-0.39, 0.29) is 0 Å². The number of hydrogen-bond acceptors (Lipinski definition) is 5. The molecule has 0 aliphatic rings. The minimum absolute atomic E-state index is 0.442. The second-order valence-corrected chi connectivity index (χ2v) is 4.33. The first-order valence-electron chi connectivity index (χ1n) is 5.02. The molecule has 1 unspecified atom stereocenters. The van der Waals surface area contributed by atoms with Crippen LogP contribution < -0.4 is 10.6 Å². The Morgan fingerprint density at radius 1 is 1.53 bits per heavy atom. The van der Waals surface area contributed by atoms with Crippen LogP contribution in [0.15, 0.2) is 12.3 Å². The van der Waals surface area contributed by atoms with Crippen molar-refractivity contribution >= 4 is 23.5 Å². The van der Waals surface area contributed by atoms with E-state index in [2.05, 4.69) is 33.8 Å². The molecule has 0 radical (unpaired) electrons. The van der Waals surface area contributed by atoms with Crippen LogP contribution in [0, 0.1) is 0 Å². The summed E-state index contributed by atoms with van der Waals surface area (Å²) in [6.45, 7) is 2.16. The summed E-state index contributed by atoms with van der Waals surface area (Å²) in [5.41, 5.74) is 0. The maximum absolute atomic E-state index is 4.30. The van der Waals surface area contributed by atoms with Crippen molar-refractivity contribution in [1.82, 2.24) is 9.97 Å². The molecule has 1 aromatic heterocycles. The Labute approximate surface area is 95.3 Å². The zero-order valence-electron chi connectivity index (χ0n) is 9.45. The molecule has 0 spiro atoms. The maximum Gasteiger partial charge on any atom is 0.224 e. The molecule has 5 heteroatoms. The number of thioether (sulfide) groups is 1. The SMILES string of the molecule is CNc1nccc(NC(C)CCSC)n1. The highest BCUT2D eigenvalue weighted by Crippen LogP contribution is 2.09. The Hall–Kier alpha value is -0.970. The predicted octanol–water partition coefficient (Wildman–Crippen LogP) is 2.07. The highest BCUT2D eigenvalue weighted by Gasteiger charge is 2.03. The average Bonchev–Trinajstić information content (AvgIpc) is 2.26. The van der Waals surface area contributed by atoms with Crippen LogP contribution in [0.3, 0.4) is 0 Å².